The average Bonchev–Trinajstić information content (AvgIpc) is 2.07. The zero-order valence-corrected chi connectivity index (χ0v) is 6.36. The molecule has 12 heavy (non-hydrogen) atoms. The van der Waals surface area contributed by atoms with Crippen molar-refractivity contribution in [2.75, 3.05) is 0 Å². The molecule has 4 heteroatoms. The molecule has 0 aliphatic rings. The van der Waals surface area contributed by atoms with Crippen molar-refractivity contribution in [1.29, 1.82) is 0 Å². The minimum atomic E-state index is -0.981. The van der Waals surface area contributed by atoms with Crippen molar-refractivity contribution >= 4 is 5.97 Å². The molecule has 0 fully saturated rings. The van der Waals surface area contributed by atoms with Crippen LogP contribution in [0.25, 0.3) is 0 Å². The lowest BCUT2D eigenvalue weighted by molar-refractivity contribution is -0.131. The van der Waals surface area contributed by atoms with Crippen LogP contribution in [0.15, 0.2) is 41.8 Å². The summed E-state index contributed by atoms with van der Waals surface area (Å²) in [6.45, 7) is 2.96. The Morgan fingerprint density at radius 2 is 2.17 bits per heavy atom. The first-order chi connectivity index (χ1) is 5.66. The number of hydrogen-bond donors (Lipinski definition) is 2. The number of hydrogen-bond acceptors (Lipinski definition) is 2. The number of carboxylic acid groups (broad SMARTS) is 1. The second-order valence-electron chi connectivity index (χ2n) is 1.77. The van der Waals surface area contributed by atoms with E-state index in [1.165, 1.54) is 6.07 Å². The normalized spacial score (nSPS) is 7.67. The molecule has 0 saturated carbocycles. The highest BCUT2D eigenvalue weighted by Crippen LogP contribution is 1.67. The van der Waals surface area contributed by atoms with Gasteiger partial charge in [-0.3, -0.25) is 4.79 Å². The van der Waals surface area contributed by atoms with Gasteiger partial charge in [-0.2, -0.15) is 0 Å². The van der Waals surface area contributed by atoms with Gasteiger partial charge in [-0.05, 0) is 6.07 Å². The number of rotatable bonds is 1. The van der Waals surface area contributed by atoms with Crippen LogP contribution in [-0.2, 0) is 4.79 Å². The number of carboxylic acids is 1. The van der Waals surface area contributed by atoms with E-state index in [0.717, 1.165) is 6.08 Å². The van der Waals surface area contributed by atoms with Crippen LogP contribution >= 0.6 is 0 Å². The fourth-order valence-electron chi connectivity index (χ4n) is 0.377. The molecule has 1 rings (SSSR count). The summed E-state index contributed by atoms with van der Waals surface area (Å²) in [5, 5.41) is 7.60. The number of pyridine rings is 1. The Morgan fingerprint density at radius 1 is 1.58 bits per heavy atom. The van der Waals surface area contributed by atoms with E-state index in [9.17, 15) is 9.59 Å². The lowest BCUT2D eigenvalue weighted by Gasteiger charge is -1.73. The minimum absolute atomic E-state index is 0.0532. The highest BCUT2D eigenvalue weighted by atomic mass is 16.4. The Bertz CT molecular complexity index is 286. The van der Waals surface area contributed by atoms with Crippen molar-refractivity contribution in [2.45, 2.75) is 0 Å². The lowest BCUT2D eigenvalue weighted by Crippen LogP contribution is -1.98. The van der Waals surface area contributed by atoms with Gasteiger partial charge in [-0.15, -0.1) is 0 Å². The van der Waals surface area contributed by atoms with Gasteiger partial charge in [-0.1, -0.05) is 12.6 Å². The largest absolute Gasteiger partial charge is 0.478 e. The van der Waals surface area contributed by atoms with Gasteiger partial charge in [-0.25, -0.2) is 4.79 Å². The van der Waals surface area contributed by atoms with Crippen molar-refractivity contribution < 1.29 is 9.90 Å². The predicted octanol–water partition coefficient (Wildman–Crippen LogP) is 0.632. The number of H-pyrrole nitrogens is 1. The van der Waals surface area contributed by atoms with Crippen molar-refractivity contribution in [2.24, 2.45) is 0 Å². The molecule has 64 valence electrons. The lowest BCUT2D eigenvalue weighted by atomic mass is 10.5. The van der Waals surface area contributed by atoms with Gasteiger partial charge in [0.25, 0.3) is 0 Å². The Kier molecular flexibility index (Phi) is 5.00. The maximum Gasteiger partial charge on any atom is 0.327 e. The Hall–Kier alpha value is -1.84. The standard InChI is InChI=1S/C5H5NO.C3H4O2/c7-5-3-1-2-4-6-5;1-2-3(4)5/h1-4H,(H,6,7);2H,1H2,(H,4,5). The maximum absolute atomic E-state index is 10.2. The summed E-state index contributed by atoms with van der Waals surface area (Å²) in [4.78, 5) is 21.9. The SMILES string of the molecule is C=CC(=O)O.O=c1cccc[nH]1. The van der Waals surface area contributed by atoms with E-state index < -0.39 is 5.97 Å². The molecule has 0 aliphatic heterocycles. The molecule has 0 bridgehead atoms. The van der Waals surface area contributed by atoms with Crippen LogP contribution in [0.1, 0.15) is 0 Å². The van der Waals surface area contributed by atoms with Gasteiger partial charge >= 0.3 is 5.97 Å². The molecule has 0 amide bonds. The summed E-state index contributed by atoms with van der Waals surface area (Å²) < 4.78 is 0. The van der Waals surface area contributed by atoms with E-state index in [1.807, 2.05) is 0 Å². The molecule has 1 aromatic rings. The predicted molar refractivity (Wildman–Crippen MR) is 44.9 cm³/mol. The van der Waals surface area contributed by atoms with Crippen LogP contribution in [0.2, 0.25) is 0 Å². The second-order valence-corrected chi connectivity index (χ2v) is 1.77. The van der Waals surface area contributed by atoms with E-state index in [2.05, 4.69) is 11.6 Å². The number of aliphatic carboxylic acids is 1. The van der Waals surface area contributed by atoms with Crippen LogP contribution in [0, 0.1) is 0 Å². The van der Waals surface area contributed by atoms with Crippen LogP contribution in [0.5, 0.6) is 0 Å². The second kappa shape index (κ2) is 5.91. The third-order valence-electron chi connectivity index (χ3n) is 0.855. The third kappa shape index (κ3) is 6.28. The molecule has 2 N–H and O–H groups in total. The van der Waals surface area contributed by atoms with Crippen molar-refractivity contribution in [3.05, 3.63) is 47.4 Å². The summed E-state index contributed by atoms with van der Waals surface area (Å²) in [5.74, 6) is -0.981. The molecular weight excluding hydrogens is 158 g/mol. The smallest absolute Gasteiger partial charge is 0.327 e. The first-order valence-electron chi connectivity index (χ1n) is 3.16. The van der Waals surface area contributed by atoms with Crippen molar-refractivity contribution in [3.63, 3.8) is 0 Å². The van der Waals surface area contributed by atoms with Gasteiger partial charge in [0.2, 0.25) is 5.56 Å². The number of carbonyl (C=O) groups is 1. The van der Waals surface area contributed by atoms with Gasteiger partial charge in [0.05, 0.1) is 0 Å². The summed E-state index contributed by atoms with van der Waals surface area (Å²) in [6, 6.07) is 4.93. The topological polar surface area (TPSA) is 70.2 Å². The van der Waals surface area contributed by atoms with Crippen molar-refractivity contribution in [1.82, 2.24) is 4.98 Å². The molecule has 0 saturated heterocycles. The molecule has 0 aliphatic carbocycles. The quantitative estimate of drug-likeness (QED) is 0.603. The zero-order chi connectivity index (χ0) is 9.40. The first kappa shape index (κ1) is 10.2. The molecule has 0 unspecified atom stereocenters. The molecule has 0 aromatic carbocycles. The summed E-state index contributed by atoms with van der Waals surface area (Å²) in [7, 11) is 0. The van der Waals surface area contributed by atoms with E-state index in [1.54, 1.807) is 18.3 Å². The molecule has 4 nitrogen and oxygen atoms in total. The summed E-state index contributed by atoms with van der Waals surface area (Å²) in [6.07, 6.45) is 2.43. The summed E-state index contributed by atoms with van der Waals surface area (Å²) in [5.41, 5.74) is -0.0532. The monoisotopic (exact) mass is 167 g/mol. The average molecular weight is 167 g/mol. The van der Waals surface area contributed by atoms with Crippen LogP contribution in [0.4, 0.5) is 0 Å². The third-order valence-corrected chi connectivity index (χ3v) is 0.855. The van der Waals surface area contributed by atoms with Crippen LogP contribution in [-0.4, -0.2) is 16.1 Å². The first-order valence-corrected chi connectivity index (χ1v) is 3.16. The molecule has 0 radical (unpaired) electrons. The van der Waals surface area contributed by atoms with E-state index in [-0.39, 0.29) is 5.56 Å². The molecule has 1 aromatic heterocycles. The molecule has 1 heterocycles. The molecule has 0 atom stereocenters. The van der Waals surface area contributed by atoms with Gasteiger partial charge in [0.15, 0.2) is 0 Å². The highest BCUT2D eigenvalue weighted by Gasteiger charge is 1.73. The zero-order valence-electron chi connectivity index (χ0n) is 6.36. The van der Waals surface area contributed by atoms with E-state index in [0.29, 0.717) is 0 Å². The van der Waals surface area contributed by atoms with Crippen LogP contribution < -0.4 is 5.56 Å². The van der Waals surface area contributed by atoms with Crippen molar-refractivity contribution in [3.8, 4) is 0 Å². The van der Waals surface area contributed by atoms with E-state index in [4.69, 9.17) is 5.11 Å². The van der Waals surface area contributed by atoms with Gasteiger partial charge in [0.1, 0.15) is 0 Å². The minimum Gasteiger partial charge on any atom is -0.478 e. The Balaban J connectivity index is 0.000000217. The maximum atomic E-state index is 10.2. The summed E-state index contributed by atoms with van der Waals surface area (Å²) >= 11 is 0. The Labute approximate surface area is 69.2 Å². The number of nitrogens with one attached hydrogen (secondary N) is 1. The highest BCUT2D eigenvalue weighted by molar-refractivity contribution is 5.78. The Morgan fingerprint density at radius 3 is 2.33 bits per heavy atom. The fourth-order valence-corrected chi connectivity index (χ4v) is 0.377. The molecular formula is C8H9NO3. The number of aromatic nitrogens is 1. The van der Waals surface area contributed by atoms with Gasteiger partial charge < -0.3 is 10.1 Å². The fraction of sp³-hybridized carbons (Fsp3) is 0. The van der Waals surface area contributed by atoms with Gasteiger partial charge in [0, 0.05) is 18.3 Å². The van der Waals surface area contributed by atoms with Crippen LogP contribution in [0.3, 0.4) is 0 Å². The molecule has 0 spiro atoms. The number of aromatic amines is 1. The van der Waals surface area contributed by atoms with E-state index >= 15 is 0 Å².